The average molecular weight is 373 g/mol. The number of nitrogens with zero attached hydrogens (tertiary/aromatic N) is 2. The molecule has 0 aliphatic heterocycles. The van der Waals surface area contributed by atoms with Crippen LogP contribution in [0.15, 0.2) is 42.7 Å². The number of rotatable bonds is 6. The molecule has 1 amide bonds. The Labute approximate surface area is 155 Å². The summed E-state index contributed by atoms with van der Waals surface area (Å²) >= 11 is 0. The first-order chi connectivity index (χ1) is 10.4. The Bertz CT molecular complexity index is 629. The van der Waals surface area contributed by atoms with Crippen molar-refractivity contribution in [2.24, 2.45) is 11.7 Å². The monoisotopic (exact) mass is 372 g/mol. The van der Waals surface area contributed by atoms with E-state index in [9.17, 15) is 4.79 Å². The van der Waals surface area contributed by atoms with Crippen LogP contribution in [0, 0.1) is 12.8 Å². The number of benzene rings is 1. The lowest BCUT2D eigenvalue weighted by atomic mass is 9.92. The van der Waals surface area contributed by atoms with E-state index >= 15 is 0 Å². The number of aryl methyl sites for hydroxylation is 1. The number of carbonyl (C=O) groups is 1. The second kappa shape index (κ2) is 9.67. The first-order valence-electron chi connectivity index (χ1n) is 7.51. The van der Waals surface area contributed by atoms with Crippen LogP contribution in [0.3, 0.4) is 0 Å². The first kappa shape index (κ1) is 22.4. The molecular weight excluding hydrogens is 347 g/mol. The molecule has 1 aromatic carbocycles. The summed E-state index contributed by atoms with van der Waals surface area (Å²) in [7, 11) is 0. The molecule has 134 valence electrons. The predicted molar refractivity (Wildman–Crippen MR) is 102 cm³/mol. The predicted octanol–water partition coefficient (Wildman–Crippen LogP) is 2.66. The van der Waals surface area contributed by atoms with E-state index in [1.165, 1.54) is 0 Å². The van der Waals surface area contributed by atoms with Gasteiger partial charge in [-0.25, -0.2) is 4.98 Å². The fourth-order valence-electron chi connectivity index (χ4n) is 2.36. The Morgan fingerprint density at radius 1 is 1.33 bits per heavy atom. The van der Waals surface area contributed by atoms with Gasteiger partial charge in [0, 0.05) is 25.5 Å². The van der Waals surface area contributed by atoms with Gasteiger partial charge in [-0.05, 0) is 25.3 Å². The van der Waals surface area contributed by atoms with Gasteiger partial charge in [0.2, 0.25) is 5.91 Å². The zero-order chi connectivity index (χ0) is 16.2. The SMILES string of the molecule is Cc1nccn1CC(C)CNC(=O)C(C)(N)c1ccccc1.Cl.Cl. The van der Waals surface area contributed by atoms with Crippen molar-refractivity contribution in [1.82, 2.24) is 14.9 Å². The zero-order valence-electron chi connectivity index (χ0n) is 14.2. The molecule has 2 aromatic rings. The second-order valence-corrected chi connectivity index (χ2v) is 6.01. The molecule has 2 atom stereocenters. The number of halogens is 2. The molecule has 24 heavy (non-hydrogen) atoms. The van der Waals surface area contributed by atoms with Gasteiger partial charge in [0.15, 0.2) is 0 Å². The maximum Gasteiger partial charge on any atom is 0.244 e. The van der Waals surface area contributed by atoms with Gasteiger partial charge in [0.1, 0.15) is 11.4 Å². The number of nitrogens with two attached hydrogens (primary N) is 1. The highest BCUT2D eigenvalue weighted by Crippen LogP contribution is 2.17. The van der Waals surface area contributed by atoms with Crippen LogP contribution in [0.1, 0.15) is 25.2 Å². The number of nitrogens with one attached hydrogen (secondary N) is 1. The standard InChI is InChI=1S/C17H24N4O.2ClH/c1-13(12-21-10-9-19-14(21)2)11-20-16(22)17(3,18)15-7-5-4-6-8-15;;/h4-10,13H,11-12,18H2,1-3H3,(H,20,22);2*1H. The number of imidazole rings is 1. The lowest BCUT2D eigenvalue weighted by Gasteiger charge is -2.25. The van der Waals surface area contributed by atoms with E-state index in [1.807, 2.05) is 43.5 Å². The van der Waals surface area contributed by atoms with Crippen molar-refractivity contribution in [2.45, 2.75) is 32.9 Å². The van der Waals surface area contributed by atoms with Crippen LogP contribution in [-0.4, -0.2) is 22.0 Å². The van der Waals surface area contributed by atoms with Crippen molar-refractivity contribution < 1.29 is 4.79 Å². The molecule has 0 fully saturated rings. The number of aromatic nitrogens is 2. The fourth-order valence-corrected chi connectivity index (χ4v) is 2.36. The van der Waals surface area contributed by atoms with Crippen molar-refractivity contribution in [3.8, 4) is 0 Å². The van der Waals surface area contributed by atoms with Crippen LogP contribution in [0.4, 0.5) is 0 Å². The Hall–Kier alpha value is -1.56. The smallest absolute Gasteiger partial charge is 0.244 e. The molecule has 0 aliphatic rings. The molecule has 0 saturated carbocycles. The molecule has 3 N–H and O–H groups in total. The number of hydrogen-bond acceptors (Lipinski definition) is 3. The van der Waals surface area contributed by atoms with E-state index in [-0.39, 0.29) is 30.7 Å². The lowest BCUT2D eigenvalue weighted by Crippen LogP contribution is -2.50. The summed E-state index contributed by atoms with van der Waals surface area (Å²) in [6, 6.07) is 9.43. The van der Waals surface area contributed by atoms with Crippen LogP contribution >= 0.6 is 24.8 Å². The van der Waals surface area contributed by atoms with Gasteiger partial charge in [0.05, 0.1) is 0 Å². The van der Waals surface area contributed by atoms with Crippen molar-refractivity contribution >= 4 is 30.7 Å². The van der Waals surface area contributed by atoms with Crippen LogP contribution in [0.25, 0.3) is 0 Å². The van der Waals surface area contributed by atoms with Crippen molar-refractivity contribution in [3.63, 3.8) is 0 Å². The summed E-state index contributed by atoms with van der Waals surface area (Å²) in [6.45, 7) is 7.20. The third kappa shape index (κ3) is 5.51. The van der Waals surface area contributed by atoms with Crippen LogP contribution < -0.4 is 11.1 Å². The molecule has 0 aliphatic carbocycles. The Kier molecular flexibility index (Phi) is 9.04. The van der Waals surface area contributed by atoms with E-state index < -0.39 is 5.54 Å². The maximum atomic E-state index is 12.4. The first-order valence-corrected chi connectivity index (χ1v) is 7.51. The molecule has 0 saturated heterocycles. The van der Waals surface area contributed by atoms with Crippen molar-refractivity contribution in [3.05, 3.63) is 54.1 Å². The van der Waals surface area contributed by atoms with Crippen LogP contribution in [-0.2, 0) is 16.9 Å². The van der Waals surface area contributed by atoms with E-state index in [4.69, 9.17) is 5.73 Å². The molecule has 1 aromatic heterocycles. The minimum absolute atomic E-state index is 0. The Balaban J connectivity index is 0.00000264. The molecule has 2 unspecified atom stereocenters. The number of amides is 1. The summed E-state index contributed by atoms with van der Waals surface area (Å²) in [5.74, 6) is 1.11. The van der Waals surface area contributed by atoms with Gasteiger partial charge < -0.3 is 15.6 Å². The molecular formula is C17H26Cl2N4O. The largest absolute Gasteiger partial charge is 0.354 e. The Morgan fingerprint density at radius 2 is 1.96 bits per heavy atom. The minimum Gasteiger partial charge on any atom is -0.354 e. The zero-order valence-corrected chi connectivity index (χ0v) is 15.9. The summed E-state index contributed by atoms with van der Waals surface area (Å²) in [4.78, 5) is 16.6. The third-order valence-corrected chi connectivity index (χ3v) is 3.89. The molecule has 7 heteroatoms. The van der Waals surface area contributed by atoms with Crippen LogP contribution in [0.5, 0.6) is 0 Å². The van der Waals surface area contributed by atoms with Crippen LogP contribution in [0.2, 0.25) is 0 Å². The van der Waals surface area contributed by atoms with E-state index in [2.05, 4.69) is 21.8 Å². The Morgan fingerprint density at radius 3 is 2.50 bits per heavy atom. The van der Waals surface area contributed by atoms with Gasteiger partial charge >= 0.3 is 0 Å². The second-order valence-electron chi connectivity index (χ2n) is 6.01. The highest BCUT2D eigenvalue weighted by molar-refractivity contribution is 5.87. The average Bonchev–Trinajstić information content (AvgIpc) is 2.90. The highest BCUT2D eigenvalue weighted by Gasteiger charge is 2.30. The van der Waals surface area contributed by atoms with Gasteiger partial charge in [0.25, 0.3) is 0 Å². The molecule has 0 bridgehead atoms. The molecule has 0 radical (unpaired) electrons. The third-order valence-electron chi connectivity index (χ3n) is 3.89. The van der Waals surface area contributed by atoms with E-state index in [0.717, 1.165) is 17.9 Å². The van der Waals surface area contributed by atoms with E-state index in [1.54, 1.807) is 13.1 Å². The van der Waals surface area contributed by atoms with E-state index in [0.29, 0.717) is 12.5 Å². The quantitative estimate of drug-likeness (QED) is 0.818. The molecule has 0 spiro atoms. The summed E-state index contributed by atoms with van der Waals surface area (Å²) in [5.41, 5.74) is 5.99. The summed E-state index contributed by atoms with van der Waals surface area (Å²) in [5, 5.41) is 2.96. The van der Waals surface area contributed by atoms with Gasteiger partial charge in [-0.2, -0.15) is 0 Å². The molecule has 2 rings (SSSR count). The number of hydrogen-bond donors (Lipinski definition) is 2. The van der Waals surface area contributed by atoms with Gasteiger partial charge in [-0.3, -0.25) is 4.79 Å². The lowest BCUT2D eigenvalue weighted by molar-refractivity contribution is -0.126. The van der Waals surface area contributed by atoms with Gasteiger partial charge in [-0.15, -0.1) is 24.8 Å². The van der Waals surface area contributed by atoms with Gasteiger partial charge in [-0.1, -0.05) is 37.3 Å². The highest BCUT2D eigenvalue weighted by atomic mass is 35.5. The van der Waals surface area contributed by atoms with Crippen molar-refractivity contribution in [1.29, 1.82) is 0 Å². The molecule has 1 heterocycles. The number of carbonyl (C=O) groups excluding carboxylic acids is 1. The normalized spacial score (nSPS) is 13.8. The summed E-state index contributed by atoms with van der Waals surface area (Å²) < 4.78 is 2.08. The summed E-state index contributed by atoms with van der Waals surface area (Å²) in [6.07, 6.45) is 3.73. The fraction of sp³-hybridized carbons (Fsp3) is 0.412. The minimum atomic E-state index is -1.02. The molecule has 5 nitrogen and oxygen atoms in total. The van der Waals surface area contributed by atoms with Crippen molar-refractivity contribution in [2.75, 3.05) is 6.54 Å². The topological polar surface area (TPSA) is 72.9 Å². The maximum absolute atomic E-state index is 12.4.